The van der Waals surface area contributed by atoms with Crippen LogP contribution in [-0.2, 0) is 21.7 Å². The van der Waals surface area contributed by atoms with Crippen LogP contribution in [0.3, 0.4) is 0 Å². The van der Waals surface area contributed by atoms with Crippen LogP contribution in [0.5, 0.6) is 23.0 Å². The van der Waals surface area contributed by atoms with Gasteiger partial charge in [0, 0.05) is 11.4 Å². The van der Waals surface area contributed by atoms with Gasteiger partial charge in [-0.05, 0) is 332 Å². The van der Waals surface area contributed by atoms with Crippen LogP contribution in [0.2, 0.25) is 0 Å². The lowest BCUT2D eigenvalue weighted by Crippen LogP contribution is -2.16. The Morgan fingerprint density at radius 1 is 0.170 bits per heavy atom. The first kappa shape index (κ1) is 75.7. The molecule has 2 aliphatic heterocycles. The molecule has 560 valence electrons. The van der Waals surface area contributed by atoms with Gasteiger partial charge in [0.1, 0.15) is 0 Å². The summed E-state index contributed by atoms with van der Waals surface area (Å²) in [5.41, 5.74) is 40.4. The Hall–Kier alpha value is -11.7. The maximum Gasteiger partial charge on any atom is 0.151 e. The molecule has 0 amide bonds. The highest BCUT2D eigenvalue weighted by Gasteiger charge is 2.31. The van der Waals surface area contributed by atoms with Crippen molar-refractivity contribution in [3.8, 4) is 112 Å². The minimum Gasteiger partial charge on any atom is -0.453 e. The molecule has 112 heavy (non-hydrogen) atoms. The quantitative estimate of drug-likeness (QED) is 0.136. The summed E-state index contributed by atoms with van der Waals surface area (Å²) in [5.74, 6) is 3.46. The second-order valence-corrected chi connectivity index (χ2v) is 36.0. The zero-order valence-corrected chi connectivity index (χ0v) is 69.3. The van der Waals surface area contributed by atoms with E-state index < -0.39 is 0 Å². The fourth-order valence-corrected chi connectivity index (χ4v) is 15.9. The largest absolute Gasteiger partial charge is 0.453 e. The van der Waals surface area contributed by atoms with Gasteiger partial charge in [-0.1, -0.05) is 263 Å². The second kappa shape index (κ2) is 29.5. The maximum atomic E-state index is 6.75. The van der Waals surface area contributed by atoms with Gasteiger partial charge in [0.2, 0.25) is 0 Å². The van der Waals surface area contributed by atoms with Crippen molar-refractivity contribution in [1.29, 1.82) is 0 Å². The number of hydrogen-bond acceptors (Lipinski definition) is 4. The van der Waals surface area contributed by atoms with E-state index >= 15 is 0 Å². The van der Waals surface area contributed by atoms with Crippen molar-refractivity contribution in [2.24, 2.45) is 0 Å². The number of hydrogen-bond donors (Lipinski definition) is 0. The SMILES string of the molecule is Cc1cc(C)cc(-c2cc(-c3cc(C)cc(C)c3)cc(N3c4ccc(C)cc4Oc4cc(C)ccc43)c2)c1.Cc1ccc2c(c1)Oc1cc(C)ccc1N2c1cc(-c2cc(-c3ccc(C(C)(C)C)cc3)cc(-c3ccc(C(C)(C)C)cc3)c2)cc(-c2cc(-c3ccc(C(C)(C)C)cc3)cc(-c3ccc(C(C)(C)C)cc3)c2)c1. The van der Waals surface area contributed by atoms with Crippen LogP contribution < -0.4 is 19.3 Å². The van der Waals surface area contributed by atoms with E-state index in [1.54, 1.807) is 0 Å². The van der Waals surface area contributed by atoms with E-state index in [1.807, 2.05) is 0 Å². The predicted molar refractivity (Wildman–Crippen MR) is 479 cm³/mol. The number of ether oxygens (including phenoxy) is 2. The minimum absolute atomic E-state index is 0.0498. The van der Waals surface area contributed by atoms with Gasteiger partial charge in [0.15, 0.2) is 23.0 Å². The zero-order chi connectivity index (χ0) is 79.0. The van der Waals surface area contributed by atoms with Gasteiger partial charge in [-0.25, -0.2) is 0 Å². The summed E-state index contributed by atoms with van der Waals surface area (Å²) >= 11 is 0. The Bertz CT molecular complexity index is 5380. The summed E-state index contributed by atoms with van der Waals surface area (Å²) in [5, 5.41) is 0. The first-order valence-electron chi connectivity index (χ1n) is 39.8. The standard InChI is InChI=1S/C72H73NO.C36H33NO/c1-46-15-33-65-67(35-46)74-68-36-47(2)16-34-66(68)73(65)64-44-58(56-39-52(48-17-25-60(26-18-48)69(3,4)5)37-53(40-56)49-19-27-61(28-20-49)70(6,7)8)43-59(45-64)57-41-54(50-21-29-62(30-22-50)71(9,10)11)38-55(42-57)51-23-31-63(32-24-51)72(12,13)14;1-22-7-9-33-35(17-22)38-36-18-23(2)8-10-34(36)37(33)32-20-30(28-13-24(3)11-25(4)14-28)19-31(21-32)29-15-26(5)12-27(6)16-29/h15-45H,1-14H3;7-21H,1-6H3. The van der Waals surface area contributed by atoms with Gasteiger partial charge < -0.3 is 19.3 Å². The average molecular weight is 1460 g/mol. The van der Waals surface area contributed by atoms with Crippen molar-refractivity contribution in [2.45, 2.75) is 160 Å². The first-order chi connectivity index (χ1) is 53.2. The average Bonchev–Trinajstić information content (AvgIpc) is 0.750. The third-order valence-corrected chi connectivity index (χ3v) is 22.2. The molecule has 0 aliphatic carbocycles. The van der Waals surface area contributed by atoms with Gasteiger partial charge in [0.25, 0.3) is 0 Å². The van der Waals surface area contributed by atoms with E-state index in [0.717, 1.165) is 90.5 Å². The monoisotopic (exact) mass is 1460 g/mol. The van der Waals surface area contributed by atoms with Crippen molar-refractivity contribution in [3.63, 3.8) is 0 Å². The summed E-state index contributed by atoms with van der Waals surface area (Å²) in [7, 11) is 0. The fourth-order valence-electron chi connectivity index (χ4n) is 15.9. The molecule has 2 heterocycles. The molecule has 0 aromatic heterocycles. The molecule has 14 aromatic carbocycles. The van der Waals surface area contributed by atoms with E-state index in [-0.39, 0.29) is 21.7 Å². The van der Waals surface area contributed by atoms with Crippen LogP contribution in [0.1, 0.15) is 150 Å². The van der Waals surface area contributed by atoms with Crippen molar-refractivity contribution >= 4 is 34.1 Å². The molecular weight excluding hydrogens is 1360 g/mol. The third kappa shape index (κ3) is 16.1. The van der Waals surface area contributed by atoms with Gasteiger partial charge in [-0.15, -0.1) is 0 Å². The Balaban J connectivity index is 0.000000218. The molecule has 0 N–H and O–H groups in total. The molecule has 16 rings (SSSR count). The van der Waals surface area contributed by atoms with Crippen molar-refractivity contribution in [3.05, 3.63) is 346 Å². The fraction of sp³-hybridized carbons (Fsp3) is 0.222. The molecule has 0 atom stereocenters. The summed E-state index contributed by atoms with van der Waals surface area (Å²) in [4.78, 5) is 4.76. The van der Waals surface area contributed by atoms with Crippen LogP contribution in [-0.4, -0.2) is 0 Å². The molecular formula is C108H106N2O2. The van der Waals surface area contributed by atoms with Gasteiger partial charge in [-0.2, -0.15) is 0 Å². The number of aryl methyl sites for hydroxylation is 8. The first-order valence-corrected chi connectivity index (χ1v) is 39.8. The summed E-state index contributed by atoms with van der Waals surface area (Å²) < 4.78 is 13.2. The Morgan fingerprint density at radius 2 is 0.348 bits per heavy atom. The Morgan fingerprint density at radius 3 is 0.545 bits per heavy atom. The van der Waals surface area contributed by atoms with Gasteiger partial charge in [0.05, 0.1) is 22.7 Å². The number of nitrogens with zero attached hydrogens (tertiary/aromatic N) is 2. The lowest BCUT2D eigenvalue weighted by atomic mass is 9.84. The molecule has 0 saturated heterocycles. The molecule has 14 aromatic rings. The lowest BCUT2D eigenvalue weighted by Gasteiger charge is -2.34. The second-order valence-electron chi connectivity index (χ2n) is 36.0. The molecule has 4 heteroatoms. The summed E-state index contributed by atoms with van der Waals surface area (Å²) in [6, 6.07) is 105. The normalized spacial score (nSPS) is 12.6. The minimum atomic E-state index is 0.0498. The van der Waals surface area contributed by atoms with E-state index in [2.05, 4.69) is 427 Å². The highest BCUT2D eigenvalue weighted by molar-refractivity contribution is 5.95. The zero-order valence-electron chi connectivity index (χ0n) is 69.3. The molecule has 0 saturated carbocycles. The highest BCUT2D eigenvalue weighted by Crippen LogP contribution is 2.55. The molecule has 0 fully saturated rings. The van der Waals surface area contributed by atoms with Gasteiger partial charge >= 0.3 is 0 Å². The Kier molecular flexibility index (Phi) is 19.9. The van der Waals surface area contributed by atoms with Crippen LogP contribution in [0.25, 0.3) is 89.0 Å². The molecule has 2 aliphatic rings. The number of benzene rings is 14. The van der Waals surface area contributed by atoms with Crippen molar-refractivity contribution in [1.82, 2.24) is 0 Å². The summed E-state index contributed by atoms with van der Waals surface area (Å²) in [6.07, 6.45) is 0. The highest BCUT2D eigenvalue weighted by atomic mass is 16.5. The number of anilines is 6. The lowest BCUT2D eigenvalue weighted by molar-refractivity contribution is 0.476. The molecule has 0 bridgehead atoms. The predicted octanol–water partition coefficient (Wildman–Crippen LogP) is 31.5. The molecule has 0 unspecified atom stereocenters. The molecule has 0 radical (unpaired) electrons. The van der Waals surface area contributed by atoms with Gasteiger partial charge in [-0.3, -0.25) is 0 Å². The molecule has 4 nitrogen and oxygen atoms in total. The summed E-state index contributed by atoms with van der Waals surface area (Å²) in [6.45, 7) is 44.6. The van der Waals surface area contributed by atoms with Crippen LogP contribution >= 0.6 is 0 Å². The van der Waals surface area contributed by atoms with Crippen LogP contribution in [0.4, 0.5) is 34.1 Å². The van der Waals surface area contributed by atoms with E-state index in [1.165, 1.54) is 122 Å². The maximum absolute atomic E-state index is 6.75. The third-order valence-electron chi connectivity index (χ3n) is 22.2. The Labute approximate surface area is 667 Å². The smallest absolute Gasteiger partial charge is 0.151 e. The van der Waals surface area contributed by atoms with Crippen molar-refractivity contribution < 1.29 is 9.47 Å². The van der Waals surface area contributed by atoms with Crippen LogP contribution in [0, 0.1) is 55.4 Å². The number of fused-ring (bicyclic) bond motifs is 4. The van der Waals surface area contributed by atoms with E-state index in [0.29, 0.717) is 0 Å². The number of rotatable bonds is 10. The van der Waals surface area contributed by atoms with Crippen molar-refractivity contribution in [2.75, 3.05) is 9.80 Å². The van der Waals surface area contributed by atoms with Crippen LogP contribution in [0.15, 0.2) is 279 Å². The van der Waals surface area contributed by atoms with E-state index in [9.17, 15) is 0 Å². The van der Waals surface area contributed by atoms with E-state index in [4.69, 9.17) is 9.47 Å². The molecule has 0 spiro atoms. The topological polar surface area (TPSA) is 24.9 Å².